The predicted molar refractivity (Wildman–Crippen MR) is 97.8 cm³/mol. The van der Waals surface area contributed by atoms with Gasteiger partial charge in [0, 0.05) is 16.1 Å². The number of benzene rings is 1. The van der Waals surface area contributed by atoms with Crippen molar-refractivity contribution in [1.82, 2.24) is 10.6 Å². The van der Waals surface area contributed by atoms with E-state index in [1.54, 1.807) is 0 Å². The van der Waals surface area contributed by atoms with E-state index in [0.29, 0.717) is 6.54 Å². The normalized spacial score (nSPS) is 20.8. The highest BCUT2D eigenvalue weighted by atomic mass is 35.5. The number of amides is 3. The van der Waals surface area contributed by atoms with Crippen LogP contribution in [0.15, 0.2) is 24.3 Å². The fraction of sp³-hybridized carbons (Fsp3) is 0.556. The van der Waals surface area contributed by atoms with E-state index >= 15 is 0 Å². The molecule has 4 N–H and O–H groups in total. The molecule has 1 aliphatic heterocycles. The molecular weight excluding hydrogens is 340 g/mol. The lowest BCUT2D eigenvalue weighted by Gasteiger charge is -2.29. The number of piperazine rings is 1. The molecule has 0 aromatic heterocycles. The zero-order valence-corrected chi connectivity index (χ0v) is 16.0. The second-order valence-electron chi connectivity index (χ2n) is 7.73. The minimum Gasteiger partial charge on any atom is -0.333 e. The van der Waals surface area contributed by atoms with Crippen LogP contribution in [-0.4, -0.2) is 50.2 Å². The number of imide groups is 1. The van der Waals surface area contributed by atoms with Crippen LogP contribution in [0, 0.1) is 0 Å². The number of rotatable bonds is 4. The lowest BCUT2D eigenvalue weighted by Crippen LogP contribution is -3.28. The first-order chi connectivity index (χ1) is 11.7. The number of nitrogens with one attached hydrogen (secondary N) is 4. The Hall–Kier alpha value is -1.63. The Morgan fingerprint density at radius 1 is 1.04 bits per heavy atom. The Morgan fingerprint density at radius 2 is 1.60 bits per heavy atom. The van der Waals surface area contributed by atoms with E-state index in [2.05, 4.69) is 22.8 Å². The molecule has 2 rings (SSSR count). The van der Waals surface area contributed by atoms with Crippen LogP contribution in [0.2, 0.25) is 5.02 Å². The van der Waals surface area contributed by atoms with Crippen molar-refractivity contribution in [3.8, 4) is 0 Å². The maximum Gasteiger partial charge on any atom is 0.322 e. The molecule has 0 saturated carbocycles. The summed E-state index contributed by atoms with van der Waals surface area (Å²) in [6.07, 6.45) is 0. The molecule has 1 aliphatic rings. The van der Waals surface area contributed by atoms with Gasteiger partial charge in [0.25, 0.3) is 5.91 Å². The Balaban J connectivity index is 1.70. The van der Waals surface area contributed by atoms with Gasteiger partial charge in [-0.3, -0.25) is 10.1 Å². The third kappa shape index (κ3) is 7.42. The number of carbonyl (C=O) groups excluding carboxylic acids is 2. The summed E-state index contributed by atoms with van der Waals surface area (Å²) in [4.78, 5) is 26.5. The van der Waals surface area contributed by atoms with Gasteiger partial charge in [-0.15, -0.1) is 0 Å². The van der Waals surface area contributed by atoms with Crippen LogP contribution in [0.5, 0.6) is 0 Å². The molecule has 1 aromatic rings. The van der Waals surface area contributed by atoms with Crippen LogP contribution in [0.4, 0.5) is 4.79 Å². The summed E-state index contributed by atoms with van der Waals surface area (Å²) in [5, 5.41) is 5.90. The number of carbonyl (C=O) groups is 2. The van der Waals surface area contributed by atoms with Gasteiger partial charge in [0.05, 0.1) is 0 Å². The average molecular weight is 369 g/mol. The van der Waals surface area contributed by atoms with Gasteiger partial charge in [-0.2, -0.15) is 0 Å². The van der Waals surface area contributed by atoms with Crippen LogP contribution < -0.4 is 20.4 Å². The number of urea groups is 1. The van der Waals surface area contributed by atoms with E-state index in [0.717, 1.165) is 37.7 Å². The monoisotopic (exact) mass is 368 g/mol. The molecule has 6 nitrogen and oxygen atoms in total. The second kappa shape index (κ2) is 8.65. The van der Waals surface area contributed by atoms with Crippen LogP contribution in [-0.2, 0) is 11.3 Å². The Kier molecular flexibility index (Phi) is 6.81. The highest BCUT2D eigenvalue weighted by molar-refractivity contribution is 6.30. The van der Waals surface area contributed by atoms with Crippen LogP contribution in [0.1, 0.15) is 26.3 Å². The predicted octanol–water partition coefficient (Wildman–Crippen LogP) is -0.752. The Bertz CT molecular complexity index is 590. The summed E-state index contributed by atoms with van der Waals surface area (Å²) in [5.41, 5.74) is 0.924. The van der Waals surface area contributed by atoms with E-state index in [9.17, 15) is 9.59 Å². The zero-order valence-electron chi connectivity index (χ0n) is 15.2. The molecule has 3 amide bonds. The molecule has 25 heavy (non-hydrogen) atoms. The van der Waals surface area contributed by atoms with Crippen molar-refractivity contribution < 1.29 is 19.4 Å². The largest absolute Gasteiger partial charge is 0.333 e. The first-order valence-electron chi connectivity index (χ1n) is 8.75. The molecule has 0 atom stereocenters. The minimum absolute atomic E-state index is 0.224. The summed E-state index contributed by atoms with van der Waals surface area (Å²) in [6.45, 7) is 10.8. The molecule has 0 radical (unpaired) electrons. The van der Waals surface area contributed by atoms with Crippen LogP contribution >= 0.6 is 11.6 Å². The molecule has 1 aromatic carbocycles. The summed E-state index contributed by atoms with van der Waals surface area (Å²) in [6, 6.07) is 7.55. The molecule has 0 spiro atoms. The van der Waals surface area contributed by atoms with Gasteiger partial charge in [-0.1, -0.05) is 23.7 Å². The van der Waals surface area contributed by atoms with E-state index in [1.165, 1.54) is 15.4 Å². The first-order valence-corrected chi connectivity index (χ1v) is 9.12. The zero-order chi connectivity index (χ0) is 18.4. The van der Waals surface area contributed by atoms with E-state index < -0.39 is 6.03 Å². The van der Waals surface area contributed by atoms with E-state index in [-0.39, 0.29) is 11.4 Å². The lowest BCUT2D eigenvalue weighted by atomic mass is 10.1. The average Bonchev–Trinajstić information content (AvgIpc) is 2.49. The maximum atomic E-state index is 12.0. The molecular formula is C18H29ClN4O2+2. The van der Waals surface area contributed by atoms with Crippen molar-refractivity contribution in [3.05, 3.63) is 34.9 Å². The summed E-state index contributed by atoms with van der Waals surface area (Å²) in [7, 11) is 0. The fourth-order valence-electron chi connectivity index (χ4n) is 2.97. The number of halogens is 1. The molecule has 1 fully saturated rings. The first kappa shape index (κ1) is 19.7. The van der Waals surface area contributed by atoms with Crippen molar-refractivity contribution in [2.75, 3.05) is 32.7 Å². The smallest absolute Gasteiger partial charge is 0.322 e. The SMILES string of the molecule is CC(C)(C)NC(=O)NC(=O)C[NH+]1CC[NH+](Cc2ccc(Cl)cc2)CC1. The maximum absolute atomic E-state index is 12.0. The second-order valence-corrected chi connectivity index (χ2v) is 8.17. The molecule has 138 valence electrons. The summed E-state index contributed by atoms with van der Waals surface area (Å²) < 4.78 is 0. The quantitative estimate of drug-likeness (QED) is 0.565. The lowest BCUT2D eigenvalue weighted by molar-refractivity contribution is -1.02. The molecule has 1 heterocycles. The Morgan fingerprint density at radius 3 is 2.16 bits per heavy atom. The van der Waals surface area contributed by atoms with Gasteiger partial charge in [-0.05, 0) is 32.9 Å². The van der Waals surface area contributed by atoms with Crippen molar-refractivity contribution in [1.29, 1.82) is 0 Å². The standard InChI is InChI=1S/C18H27ClN4O2/c1-18(2,3)21-17(25)20-16(24)13-23-10-8-22(9-11-23)12-14-4-6-15(19)7-5-14/h4-7H,8-13H2,1-3H3,(H2,20,21,24,25)/p+2. The minimum atomic E-state index is -0.427. The molecule has 0 bridgehead atoms. The van der Waals surface area contributed by atoms with E-state index in [1.807, 2.05) is 32.9 Å². The third-order valence-corrected chi connectivity index (χ3v) is 4.44. The third-order valence-electron chi connectivity index (χ3n) is 4.18. The molecule has 0 unspecified atom stereocenters. The molecule has 1 saturated heterocycles. The Labute approximate surface area is 154 Å². The number of hydrogen-bond donors (Lipinski definition) is 4. The molecule has 7 heteroatoms. The van der Waals surface area contributed by atoms with Gasteiger partial charge >= 0.3 is 6.03 Å². The highest BCUT2D eigenvalue weighted by Crippen LogP contribution is 2.08. The van der Waals surface area contributed by atoms with Gasteiger partial charge in [-0.25, -0.2) is 4.79 Å². The van der Waals surface area contributed by atoms with E-state index in [4.69, 9.17) is 11.6 Å². The van der Waals surface area contributed by atoms with Crippen molar-refractivity contribution in [2.24, 2.45) is 0 Å². The summed E-state index contributed by atoms with van der Waals surface area (Å²) in [5.74, 6) is -0.224. The summed E-state index contributed by atoms with van der Waals surface area (Å²) >= 11 is 5.92. The van der Waals surface area contributed by atoms with Crippen molar-refractivity contribution in [3.63, 3.8) is 0 Å². The topological polar surface area (TPSA) is 67.1 Å². The van der Waals surface area contributed by atoms with Crippen molar-refractivity contribution >= 4 is 23.5 Å². The van der Waals surface area contributed by atoms with Crippen LogP contribution in [0.3, 0.4) is 0 Å². The van der Waals surface area contributed by atoms with Crippen LogP contribution in [0.25, 0.3) is 0 Å². The highest BCUT2D eigenvalue weighted by Gasteiger charge is 2.26. The van der Waals surface area contributed by atoms with Gasteiger partial charge in [0.2, 0.25) is 0 Å². The van der Waals surface area contributed by atoms with Gasteiger partial charge in [0.15, 0.2) is 6.54 Å². The fourth-order valence-corrected chi connectivity index (χ4v) is 3.10. The van der Waals surface area contributed by atoms with Gasteiger partial charge < -0.3 is 15.1 Å². The number of quaternary nitrogens is 2. The molecule has 0 aliphatic carbocycles. The van der Waals surface area contributed by atoms with Gasteiger partial charge in [0.1, 0.15) is 32.7 Å². The number of hydrogen-bond acceptors (Lipinski definition) is 2. The van der Waals surface area contributed by atoms with Crippen molar-refractivity contribution in [2.45, 2.75) is 32.9 Å².